The molecule has 3 heteroatoms. The van der Waals surface area contributed by atoms with Gasteiger partial charge < -0.3 is 15.4 Å². The highest BCUT2D eigenvalue weighted by atomic mass is 16.5. The van der Waals surface area contributed by atoms with Crippen molar-refractivity contribution in [3.63, 3.8) is 0 Å². The molecule has 27 heavy (non-hydrogen) atoms. The van der Waals surface area contributed by atoms with Crippen molar-refractivity contribution in [2.45, 2.75) is 6.42 Å². The van der Waals surface area contributed by atoms with Gasteiger partial charge in [0.1, 0.15) is 0 Å². The summed E-state index contributed by atoms with van der Waals surface area (Å²) in [4.78, 5) is 0. The van der Waals surface area contributed by atoms with Crippen molar-refractivity contribution in [3.8, 4) is 11.5 Å². The van der Waals surface area contributed by atoms with Crippen molar-refractivity contribution in [2.75, 3.05) is 17.2 Å². The van der Waals surface area contributed by atoms with E-state index < -0.39 is 0 Å². The van der Waals surface area contributed by atoms with Crippen molar-refractivity contribution in [2.24, 2.45) is 0 Å². The van der Waals surface area contributed by atoms with Gasteiger partial charge in [-0.25, -0.2) is 0 Å². The minimum atomic E-state index is 0.881. The highest BCUT2D eigenvalue weighted by Crippen LogP contribution is 2.41. The van der Waals surface area contributed by atoms with E-state index in [1.165, 1.54) is 28.4 Å². The lowest BCUT2D eigenvalue weighted by Gasteiger charge is -2.20. The summed E-state index contributed by atoms with van der Waals surface area (Å²) in [6, 6.07) is 28.8. The summed E-state index contributed by atoms with van der Waals surface area (Å²) in [6.45, 7) is 1.09. The summed E-state index contributed by atoms with van der Waals surface area (Å²) in [7, 11) is 0. The van der Waals surface area contributed by atoms with Crippen molar-refractivity contribution in [3.05, 3.63) is 90.5 Å². The molecule has 0 saturated heterocycles. The number of benzene rings is 4. The molecule has 2 aliphatic heterocycles. The van der Waals surface area contributed by atoms with Crippen LogP contribution in [0.1, 0.15) is 5.56 Å². The highest BCUT2D eigenvalue weighted by Gasteiger charge is 2.14. The molecule has 2 heterocycles. The number of para-hydroxylation sites is 4. The van der Waals surface area contributed by atoms with Gasteiger partial charge in [0.2, 0.25) is 0 Å². The Morgan fingerprint density at radius 2 is 1.33 bits per heavy atom. The second-order valence-electron chi connectivity index (χ2n) is 6.72. The summed E-state index contributed by atoms with van der Waals surface area (Å²) in [6.07, 6.45) is 1.17. The molecule has 6 rings (SSSR count). The van der Waals surface area contributed by atoms with Crippen LogP contribution in [-0.2, 0) is 6.42 Å². The van der Waals surface area contributed by atoms with Gasteiger partial charge in [-0.3, -0.25) is 0 Å². The molecule has 0 bridgehead atoms. The lowest BCUT2D eigenvalue weighted by atomic mass is 10.0. The van der Waals surface area contributed by atoms with Gasteiger partial charge in [0, 0.05) is 17.6 Å². The van der Waals surface area contributed by atoms with Gasteiger partial charge in [-0.05, 0) is 41.6 Å². The molecule has 0 amide bonds. The standard InChI is InChI=1S/C12H9NO.C12H11N/c1-3-7-11-9(5-1)13-10-6-2-4-8-12(10)14-11;1-2-4-11-9(3-1)5-6-10-7-8-13-12(10)11/h1-8,13H;1-6,13H,7-8H2. The Kier molecular flexibility index (Phi) is 3.91. The average molecular weight is 352 g/mol. The van der Waals surface area contributed by atoms with E-state index in [2.05, 4.69) is 47.0 Å². The lowest BCUT2D eigenvalue weighted by Crippen LogP contribution is -2.01. The number of hydrogen-bond donors (Lipinski definition) is 2. The van der Waals surface area contributed by atoms with Crippen LogP contribution in [0.25, 0.3) is 10.8 Å². The van der Waals surface area contributed by atoms with E-state index >= 15 is 0 Å². The molecule has 2 aliphatic rings. The van der Waals surface area contributed by atoms with Crippen LogP contribution in [-0.4, -0.2) is 6.54 Å². The van der Waals surface area contributed by atoms with Gasteiger partial charge in [0.05, 0.1) is 11.4 Å². The first-order valence-electron chi connectivity index (χ1n) is 9.26. The number of fused-ring (bicyclic) bond motifs is 5. The Hall–Kier alpha value is -3.46. The second-order valence-corrected chi connectivity index (χ2v) is 6.72. The minimum absolute atomic E-state index is 0.881. The summed E-state index contributed by atoms with van der Waals surface area (Å²) in [5, 5.41) is 9.45. The molecule has 2 N–H and O–H groups in total. The zero-order valence-electron chi connectivity index (χ0n) is 14.9. The van der Waals surface area contributed by atoms with Crippen molar-refractivity contribution < 1.29 is 4.74 Å². The third kappa shape index (κ3) is 2.97. The Morgan fingerprint density at radius 1 is 0.667 bits per heavy atom. The maximum absolute atomic E-state index is 5.71. The lowest BCUT2D eigenvalue weighted by molar-refractivity contribution is 0.481. The largest absolute Gasteiger partial charge is 0.453 e. The Bertz CT molecular complexity index is 1030. The van der Waals surface area contributed by atoms with Crippen LogP contribution in [0.3, 0.4) is 0 Å². The molecule has 4 aromatic rings. The van der Waals surface area contributed by atoms with Gasteiger partial charge in [0.25, 0.3) is 0 Å². The van der Waals surface area contributed by atoms with Crippen LogP contribution in [0.2, 0.25) is 0 Å². The first kappa shape index (κ1) is 15.8. The van der Waals surface area contributed by atoms with Crippen LogP contribution in [0, 0.1) is 0 Å². The molecule has 0 aliphatic carbocycles. The highest BCUT2D eigenvalue weighted by molar-refractivity contribution is 5.96. The van der Waals surface area contributed by atoms with Gasteiger partial charge in [-0.1, -0.05) is 60.7 Å². The first-order valence-corrected chi connectivity index (χ1v) is 9.26. The monoisotopic (exact) mass is 352 g/mol. The number of anilines is 3. The van der Waals surface area contributed by atoms with Gasteiger partial charge in [-0.2, -0.15) is 0 Å². The first-order chi connectivity index (χ1) is 13.4. The summed E-state index contributed by atoms with van der Waals surface area (Å²) in [5.41, 5.74) is 4.84. The SMILES string of the molecule is c1ccc2c(c1)Nc1ccccc1O2.c1ccc2c3c(ccc2c1)CCN3. The molecular weight excluding hydrogens is 332 g/mol. The predicted molar refractivity (Wildman–Crippen MR) is 112 cm³/mol. The predicted octanol–water partition coefficient (Wildman–Crippen LogP) is 6.34. The molecule has 0 aromatic heterocycles. The Balaban J connectivity index is 0.000000119. The van der Waals surface area contributed by atoms with E-state index in [9.17, 15) is 0 Å². The van der Waals surface area contributed by atoms with E-state index in [4.69, 9.17) is 4.74 Å². The molecule has 132 valence electrons. The molecule has 0 spiro atoms. The molecule has 0 radical (unpaired) electrons. The number of hydrogen-bond acceptors (Lipinski definition) is 3. The quantitative estimate of drug-likeness (QED) is 0.341. The van der Waals surface area contributed by atoms with Crippen molar-refractivity contribution >= 4 is 27.8 Å². The molecule has 4 aromatic carbocycles. The van der Waals surface area contributed by atoms with Crippen molar-refractivity contribution in [1.29, 1.82) is 0 Å². The topological polar surface area (TPSA) is 33.3 Å². The molecule has 0 saturated carbocycles. The van der Waals surface area contributed by atoms with E-state index in [1.807, 2.05) is 48.5 Å². The summed E-state index contributed by atoms with van der Waals surface area (Å²) < 4.78 is 5.71. The summed E-state index contributed by atoms with van der Waals surface area (Å²) in [5.74, 6) is 1.76. The van der Waals surface area contributed by atoms with Crippen LogP contribution in [0.4, 0.5) is 17.1 Å². The zero-order chi connectivity index (χ0) is 18.1. The Morgan fingerprint density at radius 3 is 2.11 bits per heavy atom. The normalized spacial score (nSPS) is 13.0. The van der Waals surface area contributed by atoms with Crippen LogP contribution in [0.5, 0.6) is 11.5 Å². The Labute approximate surface area is 158 Å². The fraction of sp³-hybridized carbons (Fsp3) is 0.0833. The minimum Gasteiger partial charge on any atom is -0.453 e. The number of rotatable bonds is 0. The third-order valence-corrected chi connectivity index (χ3v) is 4.97. The fourth-order valence-electron chi connectivity index (χ4n) is 3.64. The zero-order valence-corrected chi connectivity index (χ0v) is 14.9. The van der Waals surface area contributed by atoms with E-state index in [0.29, 0.717) is 0 Å². The van der Waals surface area contributed by atoms with Crippen LogP contribution >= 0.6 is 0 Å². The second kappa shape index (κ2) is 6.69. The maximum atomic E-state index is 5.71. The van der Waals surface area contributed by atoms with Gasteiger partial charge in [-0.15, -0.1) is 0 Å². The average Bonchev–Trinajstić information content (AvgIpc) is 3.22. The van der Waals surface area contributed by atoms with Gasteiger partial charge >= 0.3 is 0 Å². The van der Waals surface area contributed by atoms with Gasteiger partial charge in [0.15, 0.2) is 11.5 Å². The molecule has 3 nitrogen and oxygen atoms in total. The number of nitrogens with one attached hydrogen (secondary N) is 2. The smallest absolute Gasteiger partial charge is 0.150 e. The summed E-state index contributed by atoms with van der Waals surface area (Å²) >= 11 is 0. The maximum Gasteiger partial charge on any atom is 0.150 e. The van der Waals surface area contributed by atoms with Crippen LogP contribution in [0.15, 0.2) is 84.9 Å². The van der Waals surface area contributed by atoms with E-state index in [0.717, 1.165) is 29.4 Å². The van der Waals surface area contributed by atoms with E-state index in [1.54, 1.807) is 0 Å². The third-order valence-electron chi connectivity index (χ3n) is 4.97. The van der Waals surface area contributed by atoms with Crippen LogP contribution < -0.4 is 15.4 Å². The van der Waals surface area contributed by atoms with Crippen molar-refractivity contribution in [1.82, 2.24) is 0 Å². The molecular formula is C24H20N2O. The molecule has 0 atom stereocenters. The fourth-order valence-corrected chi connectivity index (χ4v) is 3.64. The molecule has 0 fully saturated rings. The molecule has 0 unspecified atom stereocenters. The number of ether oxygens (including phenoxy) is 1. The van der Waals surface area contributed by atoms with E-state index in [-0.39, 0.29) is 0 Å².